The molecule has 6 nitrogen and oxygen atoms in total. The van der Waals surface area contributed by atoms with E-state index in [-0.39, 0.29) is 24.5 Å². The summed E-state index contributed by atoms with van der Waals surface area (Å²) in [4.78, 5) is 16.7. The molecule has 34 heavy (non-hydrogen) atoms. The van der Waals surface area contributed by atoms with Crippen molar-refractivity contribution in [2.24, 2.45) is 5.16 Å². The number of oxime groups is 1. The number of carbonyl (C=O) groups is 1. The molecule has 3 aromatic rings. The Kier molecular flexibility index (Phi) is 7.73. The van der Waals surface area contributed by atoms with Crippen molar-refractivity contribution in [3.8, 4) is 0 Å². The quantitative estimate of drug-likeness (QED) is 0.257. The molecule has 0 fully saturated rings. The predicted octanol–water partition coefficient (Wildman–Crippen LogP) is 4.57. The number of aromatic nitrogens is 1. The Labute approximate surface area is 197 Å². The minimum absolute atomic E-state index is 0.117. The van der Waals surface area contributed by atoms with Gasteiger partial charge >= 0.3 is 0 Å². The van der Waals surface area contributed by atoms with Crippen LogP contribution in [0.2, 0.25) is 0 Å². The second-order valence-corrected chi connectivity index (χ2v) is 8.77. The fourth-order valence-corrected chi connectivity index (χ4v) is 3.61. The van der Waals surface area contributed by atoms with Crippen LogP contribution < -0.4 is 5.32 Å². The Balaban J connectivity index is 1.98. The maximum atomic E-state index is 14.8. The van der Waals surface area contributed by atoms with Crippen LogP contribution >= 0.6 is 0 Å². The van der Waals surface area contributed by atoms with Crippen molar-refractivity contribution in [3.63, 3.8) is 0 Å². The summed E-state index contributed by atoms with van der Waals surface area (Å²) in [5.41, 5.74) is 2.12. The van der Waals surface area contributed by atoms with E-state index in [1.807, 2.05) is 0 Å². The van der Waals surface area contributed by atoms with Gasteiger partial charge in [-0.15, -0.1) is 0 Å². The normalized spacial score (nSPS) is 12.9. The average Bonchev–Trinajstić information content (AvgIpc) is 2.80. The molecule has 0 radical (unpaired) electrons. The Morgan fingerprint density at radius 1 is 1.09 bits per heavy atom. The molecular formula is C26H27F2N3O3. The van der Waals surface area contributed by atoms with Gasteiger partial charge in [-0.1, -0.05) is 23.4 Å². The fraction of sp³-hybridized carbons (Fsp3) is 0.269. The summed E-state index contributed by atoms with van der Waals surface area (Å²) < 4.78 is 28.4. The highest BCUT2D eigenvalue weighted by atomic mass is 19.1. The number of nitrogens with one attached hydrogen (secondary N) is 1. The number of aliphatic hydroxyl groups is 1. The lowest BCUT2D eigenvalue weighted by Gasteiger charge is -2.24. The van der Waals surface area contributed by atoms with Crippen LogP contribution in [0.5, 0.6) is 0 Å². The summed E-state index contributed by atoms with van der Waals surface area (Å²) in [6, 6.07) is 13.4. The van der Waals surface area contributed by atoms with Crippen LogP contribution in [0.3, 0.4) is 0 Å². The molecule has 3 rings (SSSR count). The van der Waals surface area contributed by atoms with Gasteiger partial charge < -0.3 is 15.6 Å². The van der Waals surface area contributed by atoms with E-state index in [9.17, 15) is 23.9 Å². The molecule has 8 heteroatoms. The Bertz CT molecular complexity index is 1190. The number of aryl methyl sites for hydroxylation is 1. The molecule has 178 valence electrons. The van der Waals surface area contributed by atoms with Gasteiger partial charge in [-0.2, -0.15) is 0 Å². The summed E-state index contributed by atoms with van der Waals surface area (Å²) >= 11 is 0. The summed E-state index contributed by atoms with van der Waals surface area (Å²) in [5.74, 6) is -2.40. The van der Waals surface area contributed by atoms with Crippen LogP contribution in [0.15, 0.2) is 65.9 Å². The van der Waals surface area contributed by atoms with Crippen LogP contribution in [0.1, 0.15) is 58.9 Å². The second kappa shape index (κ2) is 10.5. The number of amides is 1. The van der Waals surface area contributed by atoms with Gasteiger partial charge in [-0.05, 0) is 62.2 Å². The Hall–Kier alpha value is -3.65. The molecule has 0 bridgehead atoms. The van der Waals surface area contributed by atoms with Gasteiger partial charge in [0.05, 0.1) is 17.9 Å². The first-order valence-corrected chi connectivity index (χ1v) is 10.8. The van der Waals surface area contributed by atoms with Crippen molar-refractivity contribution in [3.05, 3.63) is 100 Å². The Morgan fingerprint density at radius 2 is 1.79 bits per heavy atom. The highest BCUT2D eigenvalue weighted by Crippen LogP contribution is 2.32. The van der Waals surface area contributed by atoms with Gasteiger partial charge in [0.2, 0.25) is 0 Å². The lowest BCUT2D eigenvalue weighted by molar-refractivity contribution is 0.0869. The van der Waals surface area contributed by atoms with Crippen LogP contribution in [0.4, 0.5) is 8.78 Å². The molecule has 0 saturated heterocycles. The highest BCUT2D eigenvalue weighted by Gasteiger charge is 2.24. The van der Waals surface area contributed by atoms with Crippen molar-refractivity contribution in [1.29, 1.82) is 0 Å². The Morgan fingerprint density at radius 3 is 2.38 bits per heavy atom. The number of halogens is 2. The molecule has 0 spiro atoms. The largest absolute Gasteiger partial charge is 0.411 e. The van der Waals surface area contributed by atoms with Gasteiger partial charge in [-0.25, -0.2) is 8.78 Å². The number of hydrogen-bond donors (Lipinski definition) is 3. The van der Waals surface area contributed by atoms with Crippen molar-refractivity contribution < 1.29 is 23.9 Å². The summed E-state index contributed by atoms with van der Waals surface area (Å²) in [6.45, 7) is 4.98. The molecular weight excluding hydrogens is 440 g/mol. The molecule has 1 unspecified atom stereocenters. The average molecular weight is 468 g/mol. The summed E-state index contributed by atoms with van der Waals surface area (Å²) in [5, 5.41) is 25.3. The van der Waals surface area contributed by atoms with E-state index in [2.05, 4.69) is 15.5 Å². The number of pyridine rings is 1. The number of benzene rings is 2. The molecule has 1 atom stereocenters. The highest BCUT2D eigenvalue weighted by molar-refractivity contribution is 6.01. The standard InChI is InChI=1S/C26H27F2N3O3/c1-16-12-19(10-11-29-16)24(31-34)14-22(21-9-8-20(27)13-23(21)28)17-4-6-18(7-5-17)25(33)30-26(2,3)15-32/h4-13,22,32,34H,14-15H2,1-3H3,(H,30,33)/b31-24+. The van der Waals surface area contributed by atoms with Crippen LogP contribution in [-0.4, -0.2) is 39.1 Å². The van der Waals surface area contributed by atoms with Crippen LogP contribution in [0.25, 0.3) is 0 Å². The third-order valence-corrected chi connectivity index (χ3v) is 5.51. The van der Waals surface area contributed by atoms with E-state index in [1.54, 1.807) is 63.4 Å². The number of aliphatic hydroxyl groups excluding tert-OH is 1. The lowest BCUT2D eigenvalue weighted by Crippen LogP contribution is -2.46. The number of rotatable bonds is 8. The van der Waals surface area contributed by atoms with E-state index in [4.69, 9.17) is 0 Å². The maximum Gasteiger partial charge on any atom is 0.251 e. The van der Waals surface area contributed by atoms with Gasteiger partial charge in [0.25, 0.3) is 5.91 Å². The second-order valence-electron chi connectivity index (χ2n) is 8.77. The number of nitrogens with zero attached hydrogens (tertiary/aromatic N) is 2. The van der Waals surface area contributed by atoms with E-state index in [0.29, 0.717) is 22.4 Å². The molecule has 0 saturated carbocycles. The zero-order valence-electron chi connectivity index (χ0n) is 19.2. The fourth-order valence-electron chi connectivity index (χ4n) is 3.61. The van der Waals surface area contributed by atoms with Gasteiger partial charge in [0, 0.05) is 41.4 Å². The smallest absolute Gasteiger partial charge is 0.251 e. The molecule has 2 aromatic carbocycles. The zero-order valence-corrected chi connectivity index (χ0v) is 19.2. The van der Waals surface area contributed by atoms with Crippen molar-refractivity contribution in [1.82, 2.24) is 10.3 Å². The van der Waals surface area contributed by atoms with Crippen LogP contribution in [0, 0.1) is 18.6 Å². The van der Waals surface area contributed by atoms with Gasteiger partial charge in [0.15, 0.2) is 0 Å². The van der Waals surface area contributed by atoms with E-state index in [1.165, 1.54) is 12.1 Å². The van der Waals surface area contributed by atoms with E-state index < -0.39 is 23.1 Å². The first-order valence-electron chi connectivity index (χ1n) is 10.8. The molecule has 0 aliphatic heterocycles. The topological polar surface area (TPSA) is 94.8 Å². The predicted molar refractivity (Wildman–Crippen MR) is 125 cm³/mol. The monoisotopic (exact) mass is 467 g/mol. The third kappa shape index (κ3) is 6.02. The minimum atomic E-state index is -0.787. The summed E-state index contributed by atoms with van der Waals surface area (Å²) in [7, 11) is 0. The van der Waals surface area contributed by atoms with Crippen molar-refractivity contribution >= 4 is 11.6 Å². The SMILES string of the molecule is Cc1cc(/C(CC(c2ccc(C(=O)NC(C)(C)CO)cc2)c2ccc(F)cc2F)=N/O)ccn1. The zero-order chi connectivity index (χ0) is 24.9. The van der Waals surface area contributed by atoms with Crippen molar-refractivity contribution in [2.75, 3.05) is 6.61 Å². The first-order chi connectivity index (χ1) is 16.1. The number of carbonyl (C=O) groups excluding carboxylic acids is 1. The maximum absolute atomic E-state index is 14.8. The molecule has 1 aromatic heterocycles. The molecule has 0 aliphatic rings. The lowest BCUT2D eigenvalue weighted by atomic mass is 9.84. The number of hydrogen-bond acceptors (Lipinski definition) is 5. The summed E-state index contributed by atoms with van der Waals surface area (Å²) in [6.07, 6.45) is 1.70. The first kappa shape index (κ1) is 25.0. The molecule has 1 amide bonds. The minimum Gasteiger partial charge on any atom is -0.411 e. The van der Waals surface area contributed by atoms with Gasteiger partial charge in [-0.3, -0.25) is 9.78 Å². The molecule has 1 heterocycles. The van der Waals surface area contributed by atoms with Gasteiger partial charge in [0.1, 0.15) is 11.6 Å². The molecule has 3 N–H and O–H groups in total. The van der Waals surface area contributed by atoms with E-state index >= 15 is 0 Å². The molecule has 0 aliphatic carbocycles. The van der Waals surface area contributed by atoms with E-state index in [0.717, 1.165) is 11.8 Å². The van der Waals surface area contributed by atoms with Crippen molar-refractivity contribution in [2.45, 2.75) is 38.6 Å². The van der Waals surface area contributed by atoms with Crippen LogP contribution in [-0.2, 0) is 0 Å². The third-order valence-electron chi connectivity index (χ3n) is 5.51.